The summed E-state index contributed by atoms with van der Waals surface area (Å²) in [5.74, 6) is -0.474. The van der Waals surface area contributed by atoms with Gasteiger partial charge < -0.3 is 14.2 Å². The second-order valence-electron chi connectivity index (χ2n) is 4.32. The van der Waals surface area contributed by atoms with Gasteiger partial charge in [0.1, 0.15) is 12.7 Å². The molecule has 0 aliphatic heterocycles. The van der Waals surface area contributed by atoms with E-state index in [1.54, 1.807) is 31.2 Å². The standard InChI is InChI=1S/C15H19ClO5/c1-3-5-13(10-20-15(18)19-4-2)21-14(17)11-6-8-12(16)9-7-11/h6-9,13H,3-5,10H2,1-2H3. The molecule has 0 amide bonds. The van der Waals surface area contributed by atoms with Crippen LogP contribution in [0, 0.1) is 0 Å². The normalized spacial score (nSPS) is 11.6. The van der Waals surface area contributed by atoms with E-state index in [-0.39, 0.29) is 13.2 Å². The minimum absolute atomic E-state index is 0.0218. The molecule has 0 fully saturated rings. The van der Waals surface area contributed by atoms with E-state index >= 15 is 0 Å². The predicted molar refractivity (Wildman–Crippen MR) is 78.5 cm³/mol. The average Bonchev–Trinajstić information content (AvgIpc) is 2.46. The lowest BCUT2D eigenvalue weighted by Gasteiger charge is -2.17. The number of ether oxygens (including phenoxy) is 3. The first kappa shape index (κ1) is 17.3. The van der Waals surface area contributed by atoms with E-state index in [0.29, 0.717) is 17.0 Å². The average molecular weight is 315 g/mol. The molecular formula is C15H19ClO5. The number of hydrogen-bond donors (Lipinski definition) is 0. The van der Waals surface area contributed by atoms with Crippen molar-refractivity contribution in [3.05, 3.63) is 34.9 Å². The molecule has 0 radical (unpaired) electrons. The Morgan fingerprint density at radius 3 is 2.38 bits per heavy atom. The van der Waals surface area contributed by atoms with Crippen molar-refractivity contribution in [2.24, 2.45) is 0 Å². The molecule has 0 aromatic heterocycles. The van der Waals surface area contributed by atoms with E-state index < -0.39 is 18.2 Å². The third kappa shape index (κ3) is 6.49. The van der Waals surface area contributed by atoms with E-state index in [2.05, 4.69) is 4.74 Å². The zero-order valence-electron chi connectivity index (χ0n) is 12.1. The molecule has 0 spiro atoms. The molecule has 0 N–H and O–H groups in total. The molecule has 116 valence electrons. The lowest BCUT2D eigenvalue weighted by molar-refractivity contribution is -0.00817. The third-order valence-corrected chi connectivity index (χ3v) is 2.87. The van der Waals surface area contributed by atoms with Gasteiger partial charge in [-0.05, 0) is 37.6 Å². The molecule has 0 bridgehead atoms. The number of halogens is 1. The molecule has 1 rings (SSSR count). The number of carbonyl (C=O) groups is 2. The highest BCUT2D eigenvalue weighted by Gasteiger charge is 2.17. The van der Waals surface area contributed by atoms with Crippen molar-refractivity contribution < 1.29 is 23.8 Å². The molecule has 1 aromatic carbocycles. The molecule has 6 heteroatoms. The zero-order valence-corrected chi connectivity index (χ0v) is 12.9. The van der Waals surface area contributed by atoms with Crippen molar-refractivity contribution in [2.75, 3.05) is 13.2 Å². The van der Waals surface area contributed by atoms with Crippen LogP contribution in [0.5, 0.6) is 0 Å². The SMILES string of the molecule is CCCC(COC(=O)OCC)OC(=O)c1ccc(Cl)cc1. The van der Waals surface area contributed by atoms with Crippen LogP contribution in [0.3, 0.4) is 0 Å². The van der Waals surface area contributed by atoms with Crippen LogP contribution in [0.4, 0.5) is 4.79 Å². The molecule has 0 aliphatic rings. The molecule has 0 aliphatic carbocycles. The molecule has 21 heavy (non-hydrogen) atoms. The molecule has 1 unspecified atom stereocenters. The number of rotatable bonds is 7. The smallest absolute Gasteiger partial charge is 0.455 e. The maximum absolute atomic E-state index is 12.0. The van der Waals surface area contributed by atoms with Crippen LogP contribution >= 0.6 is 11.6 Å². The van der Waals surface area contributed by atoms with E-state index in [4.69, 9.17) is 21.1 Å². The fraction of sp³-hybridized carbons (Fsp3) is 0.467. The minimum Gasteiger partial charge on any atom is -0.455 e. The highest BCUT2D eigenvalue weighted by molar-refractivity contribution is 6.30. The van der Waals surface area contributed by atoms with Gasteiger partial charge in [-0.15, -0.1) is 0 Å². The number of esters is 1. The monoisotopic (exact) mass is 314 g/mol. The summed E-state index contributed by atoms with van der Waals surface area (Å²) in [6, 6.07) is 6.39. The Bertz CT molecular complexity index is 458. The van der Waals surface area contributed by atoms with Crippen molar-refractivity contribution >= 4 is 23.7 Å². The van der Waals surface area contributed by atoms with Gasteiger partial charge in [0.15, 0.2) is 0 Å². The summed E-state index contributed by atoms with van der Waals surface area (Å²) in [6.45, 7) is 3.85. The zero-order chi connectivity index (χ0) is 15.7. The summed E-state index contributed by atoms with van der Waals surface area (Å²) in [5.41, 5.74) is 0.400. The second kappa shape index (κ2) is 9.23. The van der Waals surface area contributed by atoms with Crippen molar-refractivity contribution in [3.63, 3.8) is 0 Å². The maximum Gasteiger partial charge on any atom is 0.508 e. The van der Waals surface area contributed by atoms with Crippen LogP contribution in [0.15, 0.2) is 24.3 Å². The molecule has 0 saturated heterocycles. The quantitative estimate of drug-likeness (QED) is 0.716. The summed E-state index contributed by atoms with van der Waals surface area (Å²) < 4.78 is 14.9. The predicted octanol–water partition coefficient (Wildman–Crippen LogP) is 3.84. The third-order valence-electron chi connectivity index (χ3n) is 2.61. The first-order valence-electron chi connectivity index (χ1n) is 6.82. The Morgan fingerprint density at radius 1 is 1.14 bits per heavy atom. The van der Waals surface area contributed by atoms with Gasteiger partial charge in [-0.3, -0.25) is 0 Å². The largest absolute Gasteiger partial charge is 0.508 e. The van der Waals surface area contributed by atoms with Gasteiger partial charge >= 0.3 is 12.1 Å². The summed E-state index contributed by atoms with van der Waals surface area (Å²) in [6.07, 6.45) is 0.132. The van der Waals surface area contributed by atoms with Crippen LogP contribution in [-0.4, -0.2) is 31.4 Å². The van der Waals surface area contributed by atoms with Crippen molar-refractivity contribution in [1.82, 2.24) is 0 Å². The van der Waals surface area contributed by atoms with Gasteiger partial charge in [0.05, 0.1) is 12.2 Å². The van der Waals surface area contributed by atoms with Crippen LogP contribution in [0.25, 0.3) is 0 Å². The van der Waals surface area contributed by atoms with E-state index in [1.807, 2.05) is 6.92 Å². The molecule has 1 aromatic rings. The van der Waals surface area contributed by atoms with Crippen LogP contribution in [-0.2, 0) is 14.2 Å². The Morgan fingerprint density at radius 2 is 1.81 bits per heavy atom. The van der Waals surface area contributed by atoms with Gasteiger partial charge in [0.2, 0.25) is 0 Å². The van der Waals surface area contributed by atoms with E-state index in [9.17, 15) is 9.59 Å². The summed E-state index contributed by atoms with van der Waals surface area (Å²) in [4.78, 5) is 23.1. The second-order valence-corrected chi connectivity index (χ2v) is 4.75. The van der Waals surface area contributed by atoms with Crippen molar-refractivity contribution in [1.29, 1.82) is 0 Å². The first-order valence-corrected chi connectivity index (χ1v) is 7.20. The molecule has 0 heterocycles. The van der Waals surface area contributed by atoms with Crippen molar-refractivity contribution in [2.45, 2.75) is 32.8 Å². The van der Waals surface area contributed by atoms with Crippen molar-refractivity contribution in [3.8, 4) is 0 Å². The lowest BCUT2D eigenvalue weighted by atomic mass is 10.2. The van der Waals surface area contributed by atoms with E-state index in [1.165, 1.54) is 0 Å². The Balaban J connectivity index is 2.54. The Hall–Kier alpha value is -1.75. The van der Waals surface area contributed by atoms with Gasteiger partial charge in [-0.2, -0.15) is 0 Å². The fourth-order valence-electron chi connectivity index (χ4n) is 1.62. The van der Waals surface area contributed by atoms with Crippen LogP contribution < -0.4 is 0 Å². The maximum atomic E-state index is 12.0. The first-order chi connectivity index (χ1) is 10.1. The van der Waals surface area contributed by atoms with Gasteiger partial charge in [-0.1, -0.05) is 24.9 Å². The van der Waals surface area contributed by atoms with Crippen LogP contribution in [0.1, 0.15) is 37.0 Å². The van der Waals surface area contributed by atoms with Crippen LogP contribution in [0.2, 0.25) is 5.02 Å². The molecule has 5 nitrogen and oxygen atoms in total. The number of hydrogen-bond acceptors (Lipinski definition) is 5. The topological polar surface area (TPSA) is 61.8 Å². The van der Waals surface area contributed by atoms with Gasteiger partial charge in [0, 0.05) is 5.02 Å². The van der Waals surface area contributed by atoms with E-state index in [0.717, 1.165) is 6.42 Å². The Labute approximate surface area is 129 Å². The highest BCUT2D eigenvalue weighted by atomic mass is 35.5. The molecule has 0 saturated carbocycles. The molecule has 1 atom stereocenters. The summed E-state index contributed by atoms with van der Waals surface area (Å²) in [5, 5.41) is 0.544. The Kier molecular flexibility index (Phi) is 7.61. The lowest BCUT2D eigenvalue weighted by Crippen LogP contribution is -2.25. The number of carbonyl (C=O) groups excluding carboxylic acids is 2. The highest BCUT2D eigenvalue weighted by Crippen LogP contribution is 2.13. The fourth-order valence-corrected chi connectivity index (χ4v) is 1.75. The number of benzene rings is 1. The molecular weight excluding hydrogens is 296 g/mol. The van der Waals surface area contributed by atoms with Gasteiger partial charge in [0.25, 0.3) is 0 Å². The summed E-state index contributed by atoms with van der Waals surface area (Å²) in [7, 11) is 0. The minimum atomic E-state index is -0.763. The van der Waals surface area contributed by atoms with Gasteiger partial charge in [-0.25, -0.2) is 9.59 Å². The summed E-state index contributed by atoms with van der Waals surface area (Å²) >= 11 is 5.76.